The largest absolute Gasteiger partial charge is 0.321 e. The van der Waals surface area contributed by atoms with Crippen LogP contribution < -0.4 is 5.32 Å². The van der Waals surface area contributed by atoms with Crippen LogP contribution in [0.1, 0.15) is 23.2 Å². The van der Waals surface area contributed by atoms with Gasteiger partial charge in [-0.2, -0.15) is 4.31 Å². The molecule has 1 amide bonds. The smallest absolute Gasteiger partial charge is 0.255 e. The van der Waals surface area contributed by atoms with Gasteiger partial charge in [0, 0.05) is 32.7 Å². The third-order valence-corrected chi connectivity index (χ3v) is 8.50. The first kappa shape index (κ1) is 21.4. The molecule has 3 rings (SSSR count). The second-order valence-electron chi connectivity index (χ2n) is 6.87. The van der Waals surface area contributed by atoms with Gasteiger partial charge in [-0.25, -0.2) is 21.1 Å². The molecule has 0 bridgehead atoms. The minimum absolute atomic E-state index is 0.0217. The lowest BCUT2D eigenvalue weighted by Crippen LogP contribution is -2.27. The van der Waals surface area contributed by atoms with Crippen LogP contribution >= 0.6 is 0 Å². The summed E-state index contributed by atoms with van der Waals surface area (Å²) in [6, 6.07) is 11.7. The summed E-state index contributed by atoms with van der Waals surface area (Å²) >= 11 is 0. The van der Waals surface area contributed by atoms with Gasteiger partial charge in [-0.1, -0.05) is 12.1 Å². The zero-order chi connectivity index (χ0) is 21.2. The van der Waals surface area contributed by atoms with Crippen LogP contribution in [0.15, 0.2) is 58.3 Å². The van der Waals surface area contributed by atoms with E-state index in [9.17, 15) is 21.6 Å². The summed E-state index contributed by atoms with van der Waals surface area (Å²) in [5.41, 5.74) is 0.377. The van der Waals surface area contributed by atoms with Crippen LogP contribution in [-0.2, 0) is 20.0 Å². The fourth-order valence-electron chi connectivity index (χ4n) is 3.04. The fourth-order valence-corrected chi connectivity index (χ4v) is 5.60. The zero-order valence-corrected chi connectivity index (χ0v) is 17.8. The summed E-state index contributed by atoms with van der Waals surface area (Å²) in [7, 11) is -4.48. The summed E-state index contributed by atoms with van der Waals surface area (Å²) < 4.78 is 52.6. The van der Waals surface area contributed by atoms with E-state index >= 15 is 0 Å². The van der Waals surface area contributed by atoms with Crippen LogP contribution in [0.25, 0.3) is 0 Å². The number of sulfonamides is 2. The molecule has 2 aromatic rings. The van der Waals surface area contributed by atoms with Gasteiger partial charge in [0.1, 0.15) is 4.90 Å². The van der Waals surface area contributed by atoms with Crippen LogP contribution in [0.4, 0.5) is 5.69 Å². The molecule has 10 heteroatoms. The standard InChI is InChI=1S/C19H23N3O5S2/c1-21(2)29(26,27)18-8-4-3-7-17(18)20-19(23)15-9-11-16(12-10-15)28(24,25)22-13-5-6-14-22/h3-4,7-12H,5-6,13-14H2,1-2H3,(H,20,23). The van der Waals surface area contributed by atoms with E-state index in [1.165, 1.54) is 54.8 Å². The average Bonchev–Trinajstić information content (AvgIpc) is 3.24. The molecule has 0 unspecified atom stereocenters. The van der Waals surface area contributed by atoms with Crippen LogP contribution in [0.3, 0.4) is 0 Å². The molecule has 1 aliphatic rings. The van der Waals surface area contributed by atoms with E-state index in [1.54, 1.807) is 12.1 Å². The van der Waals surface area contributed by atoms with Gasteiger partial charge in [0.25, 0.3) is 5.91 Å². The Hall–Kier alpha value is -2.27. The molecule has 0 radical (unpaired) electrons. The molecule has 156 valence electrons. The molecule has 1 aliphatic heterocycles. The van der Waals surface area contributed by atoms with Gasteiger partial charge in [-0.15, -0.1) is 0 Å². The summed E-state index contributed by atoms with van der Waals surface area (Å²) in [6.07, 6.45) is 1.68. The van der Waals surface area contributed by atoms with E-state index in [4.69, 9.17) is 0 Å². The van der Waals surface area contributed by atoms with Crippen molar-refractivity contribution in [2.24, 2.45) is 0 Å². The Bertz CT molecular complexity index is 1100. The predicted molar refractivity (Wildman–Crippen MR) is 110 cm³/mol. The van der Waals surface area contributed by atoms with Gasteiger partial charge in [0.05, 0.1) is 10.6 Å². The maximum Gasteiger partial charge on any atom is 0.255 e. The van der Waals surface area contributed by atoms with E-state index < -0.39 is 26.0 Å². The Morgan fingerprint density at radius 2 is 1.52 bits per heavy atom. The summed E-state index contributed by atoms with van der Waals surface area (Å²) in [6.45, 7) is 1.00. The van der Waals surface area contributed by atoms with Crippen LogP contribution in [0.5, 0.6) is 0 Å². The summed E-state index contributed by atoms with van der Waals surface area (Å²) in [5.74, 6) is -0.531. The lowest BCUT2D eigenvalue weighted by atomic mass is 10.2. The zero-order valence-electron chi connectivity index (χ0n) is 16.2. The Morgan fingerprint density at radius 3 is 2.10 bits per heavy atom. The minimum atomic E-state index is -3.74. The Labute approximate surface area is 171 Å². The number of carbonyl (C=O) groups is 1. The molecule has 0 atom stereocenters. The number of rotatable bonds is 6. The first-order valence-corrected chi connectivity index (χ1v) is 11.9. The number of amides is 1. The van der Waals surface area contributed by atoms with Gasteiger partial charge >= 0.3 is 0 Å². The Balaban J connectivity index is 1.83. The molecular weight excluding hydrogens is 414 g/mol. The fraction of sp³-hybridized carbons (Fsp3) is 0.316. The molecule has 0 aromatic heterocycles. The number of hydrogen-bond donors (Lipinski definition) is 1. The molecule has 29 heavy (non-hydrogen) atoms. The molecule has 2 aromatic carbocycles. The van der Waals surface area contributed by atoms with E-state index in [2.05, 4.69) is 5.32 Å². The first-order valence-electron chi connectivity index (χ1n) is 9.07. The maximum atomic E-state index is 12.6. The highest BCUT2D eigenvalue weighted by Crippen LogP contribution is 2.25. The van der Waals surface area contributed by atoms with Crippen LogP contribution in [0.2, 0.25) is 0 Å². The average molecular weight is 438 g/mol. The lowest BCUT2D eigenvalue weighted by molar-refractivity contribution is 0.102. The van der Waals surface area contributed by atoms with Gasteiger partial charge in [-0.05, 0) is 49.2 Å². The van der Waals surface area contributed by atoms with E-state index in [1.807, 2.05) is 0 Å². The van der Waals surface area contributed by atoms with Crippen LogP contribution in [0, 0.1) is 0 Å². The molecule has 1 saturated heterocycles. The molecule has 1 heterocycles. The first-order chi connectivity index (χ1) is 13.6. The minimum Gasteiger partial charge on any atom is -0.321 e. The van der Waals surface area contributed by atoms with E-state index in [0.29, 0.717) is 13.1 Å². The van der Waals surface area contributed by atoms with Gasteiger partial charge < -0.3 is 5.32 Å². The second kappa shape index (κ2) is 8.23. The van der Waals surface area contributed by atoms with Crippen molar-refractivity contribution >= 4 is 31.6 Å². The van der Waals surface area contributed by atoms with Gasteiger partial charge in [-0.3, -0.25) is 4.79 Å². The molecule has 1 fully saturated rings. The summed E-state index contributed by atoms with van der Waals surface area (Å²) in [5, 5.41) is 2.60. The molecule has 0 spiro atoms. The second-order valence-corrected chi connectivity index (χ2v) is 10.9. The number of nitrogens with zero attached hydrogens (tertiary/aromatic N) is 2. The number of carbonyl (C=O) groups excluding carboxylic acids is 1. The quantitative estimate of drug-likeness (QED) is 0.744. The molecule has 0 aliphatic carbocycles. The number of benzene rings is 2. The highest BCUT2D eigenvalue weighted by molar-refractivity contribution is 7.89. The third kappa shape index (κ3) is 4.35. The van der Waals surface area contributed by atoms with Crippen molar-refractivity contribution < 1.29 is 21.6 Å². The molecule has 8 nitrogen and oxygen atoms in total. The lowest BCUT2D eigenvalue weighted by Gasteiger charge is -2.16. The maximum absolute atomic E-state index is 12.6. The number of anilines is 1. The van der Waals surface area contributed by atoms with Crippen LogP contribution in [-0.4, -0.2) is 58.5 Å². The van der Waals surface area contributed by atoms with E-state index in [0.717, 1.165) is 17.1 Å². The third-order valence-electron chi connectivity index (χ3n) is 4.71. The normalized spacial score (nSPS) is 15.6. The van der Waals surface area contributed by atoms with Crippen molar-refractivity contribution in [1.29, 1.82) is 0 Å². The SMILES string of the molecule is CN(C)S(=O)(=O)c1ccccc1NC(=O)c1ccc(S(=O)(=O)N2CCCC2)cc1. The van der Waals surface area contributed by atoms with Gasteiger partial charge in [0.15, 0.2) is 0 Å². The topological polar surface area (TPSA) is 104 Å². The Morgan fingerprint density at radius 1 is 0.931 bits per heavy atom. The highest BCUT2D eigenvalue weighted by atomic mass is 32.2. The number of hydrogen-bond acceptors (Lipinski definition) is 5. The Kier molecular flexibility index (Phi) is 6.08. The van der Waals surface area contributed by atoms with Crippen molar-refractivity contribution in [3.63, 3.8) is 0 Å². The van der Waals surface area contributed by atoms with Crippen molar-refractivity contribution in [3.05, 3.63) is 54.1 Å². The molecular formula is C19H23N3O5S2. The van der Waals surface area contributed by atoms with Crippen molar-refractivity contribution in [1.82, 2.24) is 8.61 Å². The van der Waals surface area contributed by atoms with E-state index in [-0.39, 0.29) is 21.0 Å². The molecule has 0 saturated carbocycles. The van der Waals surface area contributed by atoms with Crippen molar-refractivity contribution in [3.8, 4) is 0 Å². The summed E-state index contributed by atoms with van der Waals surface area (Å²) in [4.78, 5) is 12.7. The number of para-hydroxylation sites is 1. The monoisotopic (exact) mass is 437 g/mol. The highest BCUT2D eigenvalue weighted by Gasteiger charge is 2.27. The number of nitrogens with one attached hydrogen (secondary N) is 1. The van der Waals surface area contributed by atoms with Crippen molar-refractivity contribution in [2.75, 3.05) is 32.5 Å². The predicted octanol–water partition coefficient (Wildman–Crippen LogP) is 1.97. The van der Waals surface area contributed by atoms with Crippen molar-refractivity contribution in [2.45, 2.75) is 22.6 Å². The van der Waals surface area contributed by atoms with Gasteiger partial charge in [0.2, 0.25) is 20.0 Å². The molecule has 1 N–H and O–H groups in total.